The lowest BCUT2D eigenvalue weighted by molar-refractivity contribution is -0.141. The molecule has 0 spiro atoms. The molecule has 4 heterocycles. The first kappa shape index (κ1) is 23.6. The minimum Gasteiger partial charge on any atom is -0.404 e. The number of imidazole rings is 1. The van der Waals surface area contributed by atoms with E-state index in [1.165, 1.54) is 23.0 Å². The number of nitrogens with two attached hydrogens (primary N) is 1. The van der Waals surface area contributed by atoms with E-state index < -0.39 is 11.9 Å². The molecular weight excluding hydrogens is 447 g/mol. The molecule has 12 heteroatoms. The second-order valence-electron chi connectivity index (χ2n) is 8.21. The number of anilines is 1. The fraction of sp³-hybridized carbons (Fsp3) is 0.409. The van der Waals surface area contributed by atoms with E-state index in [-0.39, 0.29) is 29.6 Å². The van der Waals surface area contributed by atoms with Crippen molar-refractivity contribution in [2.75, 3.05) is 18.0 Å². The highest BCUT2D eigenvalue weighted by Crippen LogP contribution is 2.31. The van der Waals surface area contributed by atoms with Crippen LogP contribution in [0, 0.1) is 5.41 Å². The van der Waals surface area contributed by atoms with E-state index in [1.54, 1.807) is 12.3 Å². The summed E-state index contributed by atoms with van der Waals surface area (Å²) in [4.78, 5) is 21.0. The van der Waals surface area contributed by atoms with Gasteiger partial charge in [-0.05, 0) is 26.5 Å². The molecule has 3 N–H and O–H groups in total. The Hall–Kier alpha value is -3.54. The van der Waals surface area contributed by atoms with Gasteiger partial charge in [0.15, 0.2) is 17.2 Å². The number of fused-ring (bicyclic) bond motifs is 1. The normalized spacial score (nSPS) is 22.4. The maximum Gasteiger partial charge on any atom is 0.434 e. The Bertz CT molecular complexity index is 1220. The molecule has 1 aliphatic heterocycles. The van der Waals surface area contributed by atoms with Crippen LogP contribution >= 0.6 is 0 Å². The number of rotatable bonds is 5. The van der Waals surface area contributed by atoms with Crippen molar-refractivity contribution in [1.29, 1.82) is 5.41 Å². The average Bonchev–Trinajstić information content (AvgIpc) is 3.25. The Morgan fingerprint density at radius 2 is 2.00 bits per heavy atom. The highest BCUT2D eigenvalue weighted by molar-refractivity contribution is 5.78. The zero-order valence-electron chi connectivity index (χ0n) is 19.0. The van der Waals surface area contributed by atoms with Gasteiger partial charge >= 0.3 is 6.18 Å². The highest BCUT2D eigenvalue weighted by Gasteiger charge is 2.39. The van der Waals surface area contributed by atoms with Gasteiger partial charge in [-0.3, -0.25) is 9.30 Å². The topological polar surface area (TPSA) is 112 Å². The number of hydrogen-bond acceptors (Lipinski definition) is 8. The first-order valence-corrected chi connectivity index (χ1v) is 10.9. The number of hydrogen-bond donors (Lipinski definition) is 2. The van der Waals surface area contributed by atoms with Crippen LogP contribution in [0.3, 0.4) is 0 Å². The predicted molar refractivity (Wildman–Crippen MR) is 123 cm³/mol. The van der Waals surface area contributed by atoms with Crippen LogP contribution in [0.2, 0.25) is 0 Å². The van der Waals surface area contributed by atoms with Crippen molar-refractivity contribution in [2.45, 2.75) is 45.1 Å². The molecule has 1 saturated heterocycles. The van der Waals surface area contributed by atoms with Gasteiger partial charge in [-0.15, -0.1) is 0 Å². The number of piperazine rings is 1. The smallest absolute Gasteiger partial charge is 0.404 e. The number of nitrogens with one attached hydrogen (secondary N) is 1. The predicted octanol–water partition coefficient (Wildman–Crippen LogP) is 2.98. The molecule has 0 radical (unpaired) electrons. The molecule has 3 unspecified atom stereocenters. The molecule has 0 aromatic carbocycles. The number of alkyl halides is 3. The summed E-state index contributed by atoms with van der Waals surface area (Å²) in [7, 11) is 0. The Labute approximate surface area is 194 Å². The molecule has 180 valence electrons. The van der Waals surface area contributed by atoms with Gasteiger partial charge in [0.1, 0.15) is 11.5 Å². The molecule has 34 heavy (non-hydrogen) atoms. The van der Waals surface area contributed by atoms with Crippen molar-refractivity contribution in [2.24, 2.45) is 5.73 Å². The number of nitrogens with zero attached hydrogens (tertiary/aromatic N) is 7. The molecule has 9 nitrogen and oxygen atoms in total. The first-order chi connectivity index (χ1) is 16.2. The third-order valence-electron chi connectivity index (χ3n) is 6.25. The van der Waals surface area contributed by atoms with Gasteiger partial charge in [0.05, 0.1) is 18.4 Å². The number of likely N-dealkylation sites (N-methyl/N-ethyl adjacent to an activating group) is 1. The molecule has 3 atom stereocenters. The van der Waals surface area contributed by atoms with Gasteiger partial charge in [0, 0.05) is 49.0 Å². The van der Waals surface area contributed by atoms with E-state index in [0.717, 1.165) is 18.9 Å². The summed E-state index contributed by atoms with van der Waals surface area (Å²) in [5.41, 5.74) is 6.10. The second kappa shape index (κ2) is 9.01. The molecule has 3 aromatic heterocycles. The van der Waals surface area contributed by atoms with Crippen LogP contribution in [0.15, 0.2) is 42.6 Å². The van der Waals surface area contributed by atoms with E-state index >= 15 is 0 Å². The molecule has 1 aliphatic rings. The molecule has 3 aromatic rings. The molecular formula is C22H26F3N9. The second-order valence-corrected chi connectivity index (χ2v) is 8.21. The summed E-state index contributed by atoms with van der Waals surface area (Å²) in [6, 6.07) is 1.73. The van der Waals surface area contributed by atoms with Crippen LogP contribution in [0.5, 0.6) is 0 Å². The quantitative estimate of drug-likeness (QED) is 0.548. The van der Waals surface area contributed by atoms with Crippen LogP contribution in [0.25, 0.3) is 17.2 Å². The highest BCUT2D eigenvalue weighted by atomic mass is 19.4. The SMILES string of the molecule is CCN1C(C)CN(c2ccnc(-c3cnc4cnc(C(F)(F)F)cn34)n2)C(C)C1/C(C=N)=C/N. The Morgan fingerprint density at radius 1 is 1.24 bits per heavy atom. The van der Waals surface area contributed by atoms with Gasteiger partial charge in [-0.25, -0.2) is 19.9 Å². The van der Waals surface area contributed by atoms with Crippen LogP contribution in [0.4, 0.5) is 19.0 Å². The van der Waals surface area contributed by atoms with Crippen LogP contribution < -0.4 is 10.6 Å². The zero-order valence-corrected chi connectivity index (χ0v) is 19.0. The van der Waals surface area contributed by atoms with Gasteiger partial charge in [-0.2, -0.15) is 13.2 Å². The Balaban J connectivity index is 1.75. The molecule has 4 rings (SSSR count). The minimum atomic E-state index is -4.58. The average molecular weight is 474 g/mol. The van der Waals surface area contributed by atoms with Crippen LogP contribution in [0.1, 0.15) is 26.5 Å². The lowest BCUT2D eigenvalue weighted by Crippen LogP contribution is -2.63. The Morgan fingerprint density at radius 3 is 2.65 bits per heavy atom. The Kier molecular flexibility index (Phi) is 6.26. The van der Waals surface area contributed by atoms with Gasteiger partial charge < -0.3 is 16.0 Å². The molecule has 0 amide bonds. The summed E-state index contributed by atoms with van der Waals surface area (Å²) < 4.78 is 40.9. The lowest BCUT2D eigenvalue weighted by Gasteiger charge is -2.50. The van der Waals surface area contributed by atoms with E-state index in [0.29, 0.717) is 23.6 Å². The van der Waals surface area contributed by atoms with E-state index in [1.807, 2.05) is 6.92 Å². The summed E-state index contributed by atoms with van der Waals surface area (Å²) in [6.07, 6.45) is 3.14. The lowest BCUT2D eigenvalue weighted by atomic mass is 9.93. The largest absolute Gasteiger partial charge is 0.434 e. The van der Waals surface area contributed by atoms with Crippen molar-refractivity contribution in [3.8, 4) is 11.5 Å². The van der Waals surface area contributed by atoms with Crippen molar-refractivity contribution in [3.05, 3.63) is 48.3 Å². The van der Waals surface area contributed by atoms with E-state index in [2.05, 4.69) is 43.6 Å². The first-order valence-electron chi connectivity index (χ1n) is 10.9. The van der Waals surface area contributed by atoms with Gasteiger partial charge in [0.25, 0.3) is 0 Å². The summed E-state index contributed by atoms with van der Waals surface area (Å²) in [5, 5.41) is 7.82. The summed E-state index contributed by atoms with van der Waals surface area (Å²) >= 11 is 0. The maximum absolute atomic E-state index is 13.2. The van der Waals surface area contributed by atoms with Gasteiger partial charge in [-0.1, -0.05) is 6.92 Å². The molecule has 0 aliphatic carbocycles. The van der Waals surface area contributed by atoms with Gasteiger partial charge in [0.2, 0.25) is 0 Å². The van der Waals surface area contributed by atoms with Crippen molar-refractivity contribution < 1.29 is 13.2 Å². The van der Waals surface area contributed by atoms with E-state index in [9.17, 15) is 13.2 Å². The number of halogens is 3. The standard InChI is InChI=1S/C22H26F3N9/c1-4-32-13(2)11-33(14(3)20(32)15(7-26)8-27)18-5-6-28-21(31-18)16-9-30-19-10-29-17(12-34(16)19)22(23,24)25/h5-10,12-14,20,26H,4,11,27H2,1-3H3/b15-8+,26-7?. The summed E-state index contributed by atoms with van der Waals surface area (Å²) in [5.74, 6) is 0.881. The van der Waals surface area contributed by atoms with Crippen molar-refractivity contribution in [1.82, 2.24) is 29.2 Å². The van der Waals surface area contributed by atoms with Crippen LogP contribution in [-0.2, 0) is 6.18 Å². The zero-order chi connectivity index (χ0) is 24.6. The van der Waals surface area contributed by atoms with Crippen molar-refractivity contribution in [3.63, 3.8) is 0 Å². The fourth-order valence-electron chi connectivity index (χ4n) is 4.62. The van der Waals surface area contributed by atoms with Crippen molar-refractivity contribution >= 4 is 17.7 Å². The van der Waals surface area contributed by atoms with Crippen LogP contribution in [-0.4, -0.2) is 66.7 Å². The summed E-state index contributed by atoms with van der Waals surface area (Å²) in [6.45, 7) is 7.69. The molecule has 0 saturated carbocycles. The molecule has 0 bridgehead atoms. The van der Waals surface area contributed by atoms with E-state index in [4.69, 9.17) is 11.1 Å². The monoisotopic (exact) mass is 473 g/mol. The third-order valence-corrected chi connectivity index (χ3v) is 6.25. The third kappa shape index (κ3) is 4.09. The minimum absolute atomic E-state index is 0.0708. The number of aromatic nitrogens is 5. The fourth-order valence-corrected chi connectivity index (χ4v) is 4.62. The molecule has 1 fully saturated rings. The maximum atomic E-state index is 13.2.